The standard InChI is InChI=1S/C22H26N6O2/c29-18(11-28-8-6-15-3-1-2-4-16(15)10-28)9-24-22-20-19(5-7-23-22)21(26-14-25-20)27-17-12-30-13-17/h1-5,7,14,17-18,29H,6,8-13H2,(H,23,24)(H,25,26,27). The van der Waals surface area contributed by atoms with Crippen LogP contribution < -0.4 is 10.6 Å². The number of hydrogen-bond donors (Lipinski definition) is 3. The zero-order chi connectivity index (χ0) is 20.3. The molecule has 1 fully saturated rings. The summed E-state index contributed by atoms with van der Waals surface area (Å²) in [5.41, 5.74) is 3.52. The van der Waals surface area contributed by atoms with Gasteiger partial charge in [-0.05, 0) is 23.6 Å². The summed E-state index contributed by atoms with van der Waals surface area (Å²) in [7, 11) is 0. The molecule has 1 unspecified atom stereocenters. The summed E-state index contributed by atoms with van der Waals surface area (Å²) in [6.07, 6.45) is 3.81. The van der Waals surface area contributed by atoms with Crippen LogP contribution in [0.25, 0.3) is 10.9 Å². The van der Waals surface area contributed by atoms with Gasteiger partial charge in [-0.3, -0.25) is 4.90 Å². The van der Waals surface area contributed by atoms with E-state index in [2.05, 4.69) is 54.8 Å². The Morgan fingerprint density at radius 2 is 1.97 bits per heavy atom. The lowest BCUT2D eigenvalue weighted by Crippen LogP contribution is -2.40. The van der Waals surface area contributed by atoms with Gasteiger partial charge < -0.3 is 20.5 Å². The van der Waals surface area contributed by atoms with Crippen LogP contribution in [0.5, 0.6) is 0 Å². The number of benzene rings is 1. The molecule has 1 aromatic carbocycles. The SMILES string of the molecule is OC(CNc1nccc2c(NC3COC3)ncnc12)CN1CCc2ccccc2C1. The van der Waals surface area contributed by atoms with Crippen molar-refractivity contribution in [3.8, 4) is 0 Å². The Morgan fingerprint density at radius 1 is 1.10 bits per heavy atom. The number of pyridine rings is 1. The zero-order valence-corrected chi connectivity index (χ0v) is 16.8. The van der Waals surface area contributed by atoms with Crippen LogP contribution in [0.2, 0.25) is 0 Å². The highest BCUT2D eigenvalue weighted by molar-refractivity contribution is 5.95. The number of rotatable bonds is 7. The second kappa shape index (κ2) is 8.51. The molecule has 0 bridgehead atoms. The average Bonchev–Trinajstić information content (AvgIpc) is 2.74. The molecule has 0 aliphatic carbocycles. The van der Waals surface area contributed by atoms with Gasteiger partial charge in [0, 0.05) is 37.8 Å². The molecule has 4 heterocycles. The fraction of sp³-hybridized carbons (Fsp3) is 0.409. The van der Waals surface area contributed by atoms with Crippen molar-refractivity contribution in [2.24, 2.45) is 0 Å². The largest absolute Gasteiger partial charge is 0.390 e. The van der Waals surface area contributed by atoms with Crippen LogP contribution in [-0.4, -0.2) is 70.0 Å². The Morgan fingerprint density at radius 3 is 2.80 bits per heavy atom. The van der Waals surface area contributed by atoms with E-state index in [0.29, 0.717) is 32.1 Å². The van der Waals surface area contributed by atoms with E-state index in [9.17, 15) is 5.11 Å². The van der Waals surface area contributed by atoms with E-state index < -0.39 is 6.10 Å². The van der Waals surface area contributed by atoms with Crippen molar-refractivity contribution in [1.29, 1.82) is 0 Å². The number of ether oxygens (including phenoxy) is 1. The van der Waals surface area contributed by atoms with Crippen molar-refractivity contribution in [3.63, 3.8) is 0 Å². The van der Waals surface area contributed by atoms with E-state index in [1.165, 1.54) is 11.1 Å². The summed E-state index contributed by atoms with van der Waals surface area (Å²) in [4.78, 5) is 15.5. The molecule has 5 rings (SSSR count). The van der Waals surface area contributed by atoms with Crippen LogP contribution in [-0.2, 0) is 17.7 Å². The van der Waals surface area contributed by atoms with Crippen molar-refractivity contribution in [2.45, 2.75) is 25.1 Å². The number of nitrogens with one attached hydrogen (secondary N) is 2. The lowest BCUT2D eigenvalue weighted by Gasteiger charge is -2.30. The maximum Gasteiger partial charge on any atom is 0.152 e. The first-order valence-corrected chi connectivity index (χ1v) is 10.4. The molecule has 1 atom stereocenters. The summed E-state index contributed by atoms with van der Waals surface area (Å²) in [6.45, 7) is 4.26. The van der Waals surface area contributed by atoms with Gasteiger partial charge in [0.15, 0.2) is 5.82 Å². The third-order valence-electron chi connectivity index (χ3n) is 5.72. The molecule has 2 aromatic heterocycles. The molecule has 2 aliphatic rings. The highest BCUT2D eigenvalue weighted by atomic mass is 16.5. The fourth-order valence-corrected chi connectivity index (χ4v) is 4.03. The van der Waals surface area contributed by atoms with Crippen molar-refractivity contribution < 1.29 is 9.84 Å². The summed E-state index contributed by atoms with van der Waals surface area (Å²) < 4.78 is 5.23. The van der Waals surface area contributed by atoms with Crippen LogP contribution in [0, 0.1) is 0 Å². The number of β-amino-alcohol motifs (C(OH)–C–C–N with tert-alkyl or cyclic N) is 1. The first kappa shape index (κ1) is 19.2. The highest BCUT2D eigenvalue weighted by Crippen LogP contribution is 2.25. The number of hydrogen-bond acceptors (Lipinski definition) is 8. The van der Waals surface area contributed by atoms with Crippen molar-refractivity contribution in [2.75, 3.05) is 43.5 Å². The molecule has 3 N–H and O–H groups in total. The molecular weight excluding hydrogens is 380 g/mol. The number of aromatic nitrogens is 3. The Hall–Kier alpha value is -2.81. The van der Waals surface area contributed by atoms with Crippen molar-refractivity contribution in [3.05, 3.63) is 54.0 Å². The van der Waals surface area contributed by atoms with Gasteiger partial charge in [0.2, 0.25) is 0 Å². The minimum Gasteiger partial charge on any atom is -0.390 e. The molecule has 30 heavy (non-hydrogen) atoms. The molecular formula is C22H26N6O2. The Bertz CT molecular complexity index is 1030. The molecule has 2 aliphatic heterocycles. The second-order valence-corrected chi connectivity index (χ2v) is 7.95. The summed E-state index contributed by atoms with van der Waals surface area (Å²) in [5, 5.41) is 18.2. The van der Waals surface area contributed by atoms with Crippen LogP contribution in [0.3, 0.4) is 0 Å². The van der Waals surface area contributed by atoms with Gasteiger partial charge in [0.1, 0.15) is 17.7 Å². The van der Waals surface area contributed by atoms with Gasteiger partial charge in [-0.1, -0.05) is 24.3 Å². The third kappa shape index (κ3) is 4.07. The Labute approximate surface area is 175 Å². The molecule has 3 aromatic rings. The molecule has 0 amide bonds. The maximum absolute atomic E-state index is 10.6. The van der Waals surface area contributed by atoms with E-state index >= 15 is 0 Å². The van der Waals surface area contributed by atoms with Crippen LogP contribution in [0.15, 0.2) is 42.9 Å². The molecule has 0 saturated carbocycles. The van der Waals surface area contributed by atoms with Crippen LogP contribution in [0.1, 0.15) is 11.1 Å². The number of nitrogens with zero attached hydrogens (tertiary/aromatic N) is 4. The van der Waals surface area contributed by atoms with E-state index in [1.807, 2.05) is 6.07 Å². The number of fused-ring (bicyclic) bond motifs is 2. The quantitative estimate of drug-likeness (QED) is 0.545. The van der Waals surface area contributed by atoms with E-state index in [1.54, 1.807) is 12.5 Å². The molecule has 156 valence electrons. The van der Waals surface area contributed by atoms with E-state index in [0.717, 1.165) is 36.2 Å². The third-order valence-corrected chi connectivity index (χ3v) is 5.72. The van der Waals surface area contributed by atoms with Crippen LogP contribution >= 0.6 is 0 Å². The predicted molar refractivity (Wildman–Crippen MR) is 115 cm³/mol. The Balaban J connectivity index is 1.22. The van der Waals surface area contributed by atoms with Crippen molar-refractivity contribution in [1.82, 2.24) is 19.9 Å². The second-order valence-electron chi connectivity index (χ2n) is 7.95. The lowest BCUT2D eigenvalue weighted by molar-refractivity contribution is 0.0210. The van der Waals surface area contributed by atoms with Gasteiger partial charge >= 0.3 is 0 Å². The monoisotopic (exact) mass is 406 g/mol. The number of aliphatic hydroxyl groups excluding tert-OH is 1. The summed E-state index contributed by atoms with van der Waals surface area (Å²) in [6, 6.07) is 10.7. The Kier molecular flexibility index (Phi) is 5.44. The van der Waals surface area contributed by atoms with Gasteiger partial charge in [-0.15, -0.1) is 0 Å². The minimum absolute atomic E-state index is 0.282. The zero-order valence-electron chi connectivity index (χ0n) is 16.8. The fourth-order valence-electron chi connectivity index (χ4n) is 4.03. The molecule has 0 spiro atoms. The summed E-state index contributed by atoms with van der Waals surface area (Å²) in [5.74, 6) is 1.44. The summed E-state index contributed by atoms with van der Waals surface area (Å²) >= 11 is 0. The van der Waals surface area contributed by atoms with Gasteiger partial charge in [-0.25, -0.2) is 15.0 Å². The first-order chi connectivity index (χ1) is 14.8. The molecule has 0 radical (unpaired) electrons. The molecule has 8 nitrogen and oxygen atoms in total. The van der Waals surface area contributed by atoms with E-state index in [4.69, 9.17) is 4.74 Å². The van der Waals surface area contributed by atoms with Crippen LogP contribution in [0.4, 0.5) is 11.6 Å². The van der Waals surface area contributed by atoms with Gasteiger partial charge in [0.05, 0.1) is 25.4 Å². The lowest BCUT2D eigenvalue weighted by atomic mass is 10.00. The number of anilines is 2. The van der Waals surface area contributed by atoms with Crippen molar-refractivity contribution >= 4 is 22.5 Å². The van der Waals surface area contributed by atoms with Gasteiger partial charge in [-0.2, -0.15) is 0 Å². The maximum atomic E-state index is 10.6. The average molecular weight is 406 g/mol. The number of aliphatic hydroxyl groups is 1. The molecule has 8 heteroatoms. The predicted octanol–water partition coefficient (Wildman–Crippen LogP) is 1.67. The van der Waals surface area contributed by atoms with Gasteiger partial charge in [0.25, 0.3) is 0 Å². The highest BCUT2D eigenvalue weighted by Gasteiger charge is 2.21. The first-order valence-electron chi connectivity index (χ1n) is 10.4. The topological polar surface area (TPSA) is 95.4 Å². The van der Waals surface area contributed by atoms with E-state index in [-0.39, 0.29) is 6.04 Å². The normalized spacial score (nSPS) is 17.9. The molecule has 1 saturated heterocycles. The smallest absolute Gasteiger partial charge is 0.152 e. The minimum atomic E-state index is -0.501.